The van der Waals surface area contributed by atoms with E-state index in [4.69, 9.17) is 5.11 Å². The summed E-state index contributed by atoms with van der Waals surface area (Å²) in [6.45, 7) is 0.476. The minimum Gasteiger partial charge on any atom is -0.481 e. The first kappa shape index (κ1) is 22.4. The van der Waals surface area contributed by atoms with Crippen LogP contribution in [-0.4, -0.2) is 26.0 Å². The van der Waals surface area contributed by atoms with Crippen molar-refractivity contribution in [2.75, 3.05) is 6.54 Å². The van der Waals surface area contributed by atoms with Crippen molar-refractivity contribution in [3.8, 4) is 0 Å². The summed E-state index contributed by atoms with van der Waals surface area (Å²) in [5, 5.41) is 8.54. The van der Waals surface area contributed by atoms with Crippen LogP contribution in [0.4, 0.5) is 0 Å². The summed E-state index contributed by atoms with van der Waals surface area (Å²) in [5.74, 6) is -0.711. The van der Waals surface area contributed by atoms with E-state index in [1.54, 1.807) is 24.3 Å². The van der Waals surface area contributed by atoms with Gasteiger partial charge in [0.25, 0.3) is 0 Å². The maximum atomic E-state index is 12.1. The lowest BCUT2D eigenvalue weighted by atomic mass is 10.1. The molecule has 1 rings (SSSR count). The minimum absolute atomic E-state index is 0.276. The second-order valence-corrected chi connectivity index (χ2v) is 9.19. The summed E-state index contributed by atoms with van der Waals surface area (Å²) in [5.41, 5.74) is 0. The predicted molar refractivity (Wildman–Crippen MR) is 108 cm³/mol. The highest BCUT2D eigenvalue weighted by atomic mass is 127. The SMILES string of the molecule is O=C(O)CCCCCCCCCCCNS(=O)(=O)c1ccc(I)cc1. The van der Waals surface area contributed by atoms with Crippen LogP contribution in [0.2, 0.25) is 0 Å². The number of benzene rings is 1. The van der Waals surface area contributed by atoms with E-state index in [1.165, 1.54) is 6.42 Å². The Morgan fingerprint density at radius 2 is 1.36 bits per heavy atom. The minimum atomic E-state index is -3.39. The third kappa shape index (κ3) is 10.8. The molecule has 25 heavy (non-hydrogen) atoms. The zero-order valence-corrected chi connectivity index (χ0v) is 17.5. The lowest BCUT2D eigenvalue weighted by molar-refractivity contribution is -0.137. The Morgan fingerprint density at radius 3 is 1.88 bits per heavy atom. The highest BCUT2D eigenvalue weighted by Crippen LogP contribution is 2.13. The molecule has 0 bridgehead atoms. The molecule has 0 aliphatic carbocycles. The van der Waals surface area contributed by atoms with Crippen LogP contribution in [0.25, 0.3) is 0 Å². The van der Waals surface area contributed by atoms with Gasteiger partial charge in [0.2, 0.25) is 10.0 Å². The van der Waals surface area contributed by atoms with Gasteiger partial charge in [-0.05, 0) is 59.7 Å². The van der Waals surface area contributed by atoms with Gasteiger partial charge in [0, 0.05) is 16.5 Å². The molecule has 0 unspecified atom stereocenters. The molecule has 0 aliphatic heterocycles. The van der Waals surface area contributed by atoms with Crippen LogP contribution in [0.1, 0.15) is 64.2 Å². The van der Waals surface area contributed by atoms with Gasteiger partial charge in [0.05, 0.1) is 4.90 Å². The van der Waals surface area contributed by atoms with Gasteiger partial charge in [0.15, 0.2) is 0 Å². The molecule has 0 saturated carbocycles. The van der Waals surface area contributed by atoms with Crippen LogP contribution in [0.5, 0.6) is 0 Å². The van der Waals surface area contributed by atoms with Crippen LogP contribution in [0.15, 0.2) is 29.2 Å². The molecule has 1 aromatic carbocycles. The third-order valence-electron chi connectivity index (χ3n) is 3.98. The van der Waals surface area contributed by atoms with Gasteiger partial charge >= 0.3 is 5.97 Å². The van der Waals surface area contributed by atoms with Gasteiger partial charge in [-0.2, -0.15) is 0 Å². The lowest BCUT2D eigenvalue weighted by Gasteiger charge is -2.07. The Kier molecular flexibility index (Phi) is 11.3. The van der Waals surface area contributed by atoms with Crippen LogP contribution in [0.3, 0.4) is 0 Å². The van der Waals surface area contributed by atoms with E-state index in [-0.39, 0.29) is 6.42 Å². The Hall–Kier alpha value is -0.670. The summed E-state index contributed by atoms with van der Waals surface area (Å²) < 4.78 is 27.9. The molecule has 0 aromatic heterocycles. The van der Waals surface area contributed by atoms with Crippen molar-refractivity contribution in [3.63, 3.8) is 0 Å². The fourth-order valence-electron chi connectivity index (χ4n) is 2.54. The lowest BCUT2D eigenvalue weighted by Crippen LogP contribution is -2.24. The van der Waals surface area contributed by atoms with Crippen LogP contribution >= 0.6 is 22.6 Å². The molecule has 0 amide bonds. The smallest absolute Gasteiger partial charge is 0.303 e. The Labute approximate surface area is 164 Å². The van der Waals surface area contributed by atoms with Crippen LogP contribution < -0.4 is 4.72 Å². The number of rotatable bonds is 14. The maximum Gasteiger partial charge on any atom is 0.303 e. The van der Waals surface area contributed by atoms with E-state index >= 15 is 0 Å². The van der Waals surface area contributed by atoms with Crippen molar-refractivity contribution in [3.05, 3.63) is 27.8 Å². The number of sulfonamides is 1. The van der Waals surface area contributed by atoms with E-state index in [0.29, 0.717) is 11.4 Å². The molecule has 0 spiro atoms. The molecule has 0 heterocycles. The molecule has 0 aliphatic rings. The van der Waals surface area contributed by atoms with E-state index in [1.807, 2.05) is 0 Å². The zero-order valence-electron chi connectivity index (χ0n) is 14.5. The molecule has 0 saturated heterocycles. The molecule has 0 fully saturated rings. The Bertz CT molecular complexity index is 602. The fraction of sp³-hybridized carbons (Fsp3) is 0.611. The zero-order chi connectivity index (χ0) is 18.5. The number of halogens is 1. The molecule has 5 nitrogen and oxygen atoms in total. The number of aliphatic carboxylic acids is 1. The van der Waals surface area contributed by atoms with E-state index in [0.717, 1.165) is 54.9 Å². The van der Waals surface area contributed by atoms with Gasteiger partial charge in [-0.1, -0.05) is 44.9 Å². The van der Waals surface area contributed by atoms with Crippen molar-refractivity contribution in [1.29, 1.82) is 0 Å². The first-order valence-electron chi connectivity index (χ1n) is 8.89. The average Bonchev–Trinajstić information content (AvgIpc) is 2.56. The Morgan fingerprint density at radius 1 is 0.880 bits per heavy atom. The monoisotopic (exact) mass is 481 g/mol. The maximum absolute atomic E-state index is 12.1. The van der Waals surface area contributed by atoms with E-state index < -0.39 is 16.0 Å². The van der Waals surface area contributed by atoms with Crippen LogP contribution in [-0.2, 0) is 14.8 Å². The van der Waals surface area contributed by atoms with Crippen molar-refractivity contribution < 1.29 is 18.3 Å². The number of carboxylic acid groups (broad SMARTS) is 1. The molecular weight excluding hydrogens is 453 g/mol. The van der Waals surface area contributed by atoms with E-state index in [9.17, 15) is 13.2 Å². The molecular formula is C18H28INO4S. The highest BCUT2D eigenvalue weighted by molar-refractivity contribution is 14.1. The molecule has 7 heteroatoms. The largest absolute Gasteiger partial charge is 0.481 e. The molecule has 142 valence electrons. The fourth-order valence-corrected chi connectivity index (χ4v) is 3.98. The molecule has 1 aromatic rings. The van der Waals surface area contributed by atoms with Crippen molar-refractivity contribution in [2.45, 2.75) is 69.1 Å². The van der Waals surface area contributed by atoms with Gasteiger partial charge in [-0.3, -0.25) is 4.79 Å². The molecule has 0 atom stereocenters. The quantitative estimate of drug-likeness (QED) is 0.302. The topological polar surface area (TPSA) is 83.5 Å². The third-order valence-corrected chi connectivity index (χ3v) is 6.18. The number of hydrogen-bond donors (Lipinski definition) is 2. The number of nitrogens with one attached hydrogen (secondary N) is 1. The summed E-state index contributed by atoms with van der Waals surface area (Å²) in [6.07, 6.45) is 9.60. The van der Waals surface area contributed by atoms with Gasteiger partial charge in [-0.15, -0.1) is 0 Å². The highest BCUT2D eigenvalue weighted by Gasteiger charge is 2.12. The summed E-state index contributed by atoms with van der Waals surface area (Å²) in [4.78, 5) is 10.7. The summed E-state index contributed by atoms with van der Waals surface area (Å²) in [7, 11) is -3.39. The number of unbranched alkanes of at least 4 members (excludes halogenated alkanes) is 8. The first-order chi connectivity index (χ1) is 11.9. The average molecular weight is 481 g/mol. The van der Waals surface area contributed by atoms with E-state index in [2.05, 4.69) is 27.3 Å². The van der Waals surface area contributed by atoms with Gasteiger partial charge < -0.3 is 5.11 Å². The Balaban J connectivity index is 1.99. The number of hydrogen-bond acceptors (Lipinski definition) is 3. The second kappa shape index (κ2) is 12.6. The molecule has 2 N–H and O–H groups in total. The normalized spacial score (nSPS) is 11.6. The van der Waals surface area contributed by atoms with Crippen LogP contribution in [0, 0.1) is 3.57 Å². The first-order valence-corrected chi connectivity index (χ1v) is 11.4. The number of carboxylic acids is 1. The standard InChI is InChI=1S/C18H28INO4S/c19-16-11-13-17(14-12-16)25(23,24)20-15-9-7-5-3-1-2-4-6-8-10-18(21)22/h11-14,20H,1-10,15H2,(H,21,22). The van der Waals surface area contributed by atoms with Crippen molar-refractivity contribution in [2.24, 2.45) is 0 Å². The second-order valence-electron chi connectivity index (χ2n) is 6.18. The van der Waals surface area contributed by atoms with Crippen molar-refractivity contribution in [1.82, 2.24) is 4.72 Å². The summed E-state index contributed by atoms with van der Waals surface area (Å²) >= 11 is 2.15. The van der Waals surface area contributed by atoms with Gasteiger partial charge in [0.1, 0.15) is 0 Å². The molecule has 0 radical (unpaired) electrons. The number of carbonyl (C=O) groups is 1. The van der Waals surface area contributed by atoms with Crippen molar-refractivity contribution >= 4 is 38.6 Å². The predicted octanol–water partition coefficient (Wildman–Crippen LogP) is 4.56. The van der Waals surface area contributed by atoms with Gasteiger partial charge in [-0.25, -0.2) is 13.1 Å². The summed E-state index contributed by atoms with van der Waals surface area (Å²) in [6, 6.07) is 6.83.